The second-order valence-corrected chi connectivity index (χ2v) is 7.98. The van der Waals surface area contributed by atoms with E-state index in [4.69, 9.17) is 9.40 Å². The van der Waals surface area contributed by atoms with Crippen molar-refractivity contribution in [2.24, 2.45) is 0 Å². The van der Waals surface area contributed by atoms with Crippen LogP contribution in [-0.2, 0) is 13.1 Å². The molecule has 0 saturated carbocycles. The van der Waals surface area contributed by atoms with E-state index in [2.05, 4.69) is 16.7 Å². The highest BCUT2D eigenvalue weighted by atomic mass is 19.1. The lowest BCUT2D eigenvalue weighted by Gasteiger charge is -2.22. The zero-order chi connectivity index (χ0) is 24.2. The molecule has 1 amide bonds. The molecule has 174 valence electrons. The van der Waals surface area contributed by atoms with Crippen molar-refractivity contribution in [3.05, 3.63) is 115 Å². The summed E-state index contributed by atoms with van der Waals surface area (Å²) in [5, 5.41) is 5.07. The van der Waals surface area contributed by atoms with Gasteiger partial charge < -0.3 is 9.32 Å². The van der Waals surface area contributed by atoms with Crippen LogP contribution in [0.4, 0.5) is 4.39 Å². The van der Waals surface area contributed by atoms with E-state index in [1.165, 1.54) is 6.07 Å². The molecular weight excluding hydrogens is 445 g/mol. The maximum atomic E-state index is 14.4. The number of furan rings is 1. The summed E-state index contributed by atoms with van der Waals surface area (Å²) < 4.78 is 21.5. The minimum Gasteiger partial charge on any atom is -0.467 e. The first-order chi connectivity index (χ1) is 17.1. The Morgan fingerprint density at radius 2 is 2.03 bits per heavy atom. The van der Waals surface area contributed by atoms with E-state index in [0.717, 1.165) is 5.56 Å². The van der Waals surface area contributed by atoms with Crippen LogP contribution < -0.4 is 0 Å². The van der Waals surface area contributed by atoms with Crippen molar-refractivity contribution in [1.82, 2.24) is 24.6 Å². The van der Waals surface area contributed by atoms with Gasteiger partial charge in [0, 0.05) is 36.6 Å². The fraction of sp³-hybridized carbons (Fsp3) is 0.111. The van der Waals surface area contributed by atoms with Gasteiger partial charge in [0.1, 0.15) is 18.1 Å². The predicted molar refractivity (Wildman–Crippen MR) is 130 cm³/mol. The molecule has 4 aromatic heterocycles. The largest absolute Gasteiger partial charge is 0.467 e. The van der Waals surface area contributed by atoms with Gasteiger partial charge >= 0.3 is 0 Å². The Morgan fingerprint density at radius 1 is 1.14 bits per heavy atom. The monoisotopic (exact) mass is 467 g/mol. The van der Waals surface area contributed by atoms with Crippen molar-refractivity contribution in [3.8, 4) is 11.3 Å². The van der Waals surface area contributed by atoms with E-state index in [-0.39, 0.29) is 24.8 Å². The molecule has 0 atom stereocenters. The number of rotatable bonds is 8. The molecule has 7 nitrogen and oxygen atoms in total. The molecule has 0 aliphatic heterocycles. The summed E-state index contributed by atoms with van der Waals surface area (Å²) in [4.78, 5) is 24.4. The number of pyridine rings is 2. The van der Waals surface area contributed by atoms with Crippen LogP contribution in [-0.4, -0.2) is 37.1 Å². The van der Waals surface area contributed by atoms with Crippen molar-refractivity contribution in [3.63, 3.8) is 0 Å². The normalized spacial score (nSPS) is 11.0. The zero-order valence-electron chi connectivity index (χ0n) is 18.8. The Bertz CT molecular complexity index is 1480. The summed E-state index contributed by atoms with van der Waals surface area (Å²) in [6.07, 6.45) is 8.21. The van der Waals surface area contributed by atoms with Gasteiger partial charge in [0.25, 0.3) is 5.91 Å². The third-order valence-electron chi connectivity index (χ3n) is 5.64. The van der Waals surface area contributed by atoms with Gasteiger partial charge in [-0.1, -0.05) is 24.3 Å². The van der Waals surface area contributed by atoms with Crippen LogP contribution in [0.3, 0.4) is 0 Å². The quantitative estimate of drug-likeness (QED) is 0.297. The van der Waals surface area contributed by atoms with Gasteiger partial charge in [-0.2, -0.15) is 5.10 Å². The van der Waals surface area contributed by atoms with Gasteiger partial charge in [-0.3, -0.25) is 9.78 Å². The third kappa shape index (κ3) is 4.59. The van der Waals surface area contributed by atoms with Crippen molar-refractivity contribution in [2.75, 3.05) is 6.54 Å². The Kier molecular flexibility index (Phi) is 6.17. The molecule has 0 unspecified atom stereocenters. The maximum Gasteiger partial charge on any atom is 0.255 e. The number of hydrogen-bond donors (Lipinski definition) is 0. The molecule has 4 heterocycles. The Hall–Kier alpha value is -4.59. The first-order valence-corrected chi connectivity index (χ1v) is 11.1. The summed E-state index contributed by atoms with van der Waals surface area (Å²) in [6.45, 7) is 4.49. The molecule has 0 radical (unpaired) electrons. The maximum absolute atomic E-state index is 14.4. The standard InChI is InChI=1S/C27H22FN5O2/c1-2-12-32(17-20-7-3-4-10-24(20)28)27(34)22-14-25(19-8-5-11-29-15-19)31-26-23(22)16-30-33(26)18-21-9-6-13-35-21/h2-11,13-16H,1,12,17-18H2. The first-order valence-electron chi connectivity index (χ1n) is 11.1. The first kappa shape index (κ1) is 22.2. The lowest BCUT2D eigenvalue weighted by Crippen LogP contribution is -2.31. The van der Waals surface area contributed by atoms with Crippen LogP contribution in [0.5, 0.6) is 0 Å². The lowest BCUT2D eigenvalue weighted by atomic mass is 10.1. The molecule has 0 N–H and O–H groups in total. The topological polar surface area (TPSA) is 77.1 Å². The van der Waals surface area contributed by atoms with Crippen LogP contribution in [0.25, 0.3) is 22.3 Å². The van der Waals surface area contributed by atoms with Gasteiger partial charge in [0.2, 0.25) is 0 Å². The summed E-state index contributed by atoms with van der Waals surface area (Å²) in [5.41, 5.74) is 2.72. The zero-order valence-corrected chi connectivity index (χ0v) is 18.8. The van der Waals surface area contributed by atoms with E-state index in [0.29, 0.717) is 40.2 Å². The van der Waals surface area contributed by atoms with Gasteiger partial charge in [-0.05, 0) is 36.4 Å². The van der Waals surface area contributed by atoms with Crippen LogP contribution in [0.15, 0.2) is 96.5 Å². The molecule has 1 aromatic carbocycles. The number of benzene rings is 1. The Labute approximate surface area is 201 Å². The Balaban J connectivity index is 1.61. The van der Waals surface area contributed by atoms with E-state index in [1.54, 1.807) is 70.8 Å². The second-order valence-electron chi connectivity index (χ2n) is 7.98. The highest BCUT2D eigenvalue weighted by Gasteiger charge is 2.23. The number of carbonyl (C=O) groups is 1. The molecule has 5 rings (SSSR count). The van der Waals surface area contributed by atoms with E-state index in [9.17, 15) is 9.18 Å². The van der Waals surface area contributed by atoms with E-state index >= 15 is 0 Å². The van der Waals surface area contributed by atoms with Gasteiger partial charge in [0.15, 0.2) is 5.65 Å². The summed E-state index contributed by atoms with van der Waals surface area (Å²) in [5.74, 6) is 0.0732. The van der Waals surface area contributed by atoms with Crippen molar-refractivity contribution in [2.45, 2.75) is 13.1 Å². The van der Waals surface area contributed by atoms with Crippen LogP contribution >= 0.6 is 0 Å². The SMILES string of the molecule is C=CCN(Cc1ccccc1F)C(=O)c1cc(-c2cccnc2)nc2c1cnn2Cc1ccco1. The molecule has 0 aliphatic rings. The second kappa shape index (κ2) is 9.72. The van der Waals surface area contributed by atoms with Gasteiger partial charge in [0.05, 0.1) is 29.1 Å². The van der Waals surface area contributed by atoms with E-state index < -0.39 is 0 Å². The minimum atomic E-state index is -0.364. The summed E-state index contributed by atoms with van der Waals surface area (Å²) in [7, 11) is 0. The highest BCUT2D eigenvalue weighted by molar-refractivity contribution is 6.06. The van der Waals surface area contributed by atoms with Gasteiger partial charge in [-0.25, -0.2) is 14.1 Å². The van der Waals surface area contributed by atoms with Crippen molar-refractivity contribution < 1.29 is 13.6 Å². The molecule has 0 fully saturated rings. The van der Waals surface area contributed by atoms with Gasteiger partial charge in [-0.15, -0.1) is 6.58 Å². The third-order valence-corrected chi connectivity index (χ3v) is 5.64. The molecular formula is C27H22FN5O2. The number of halogens is 1. The van der Waals surface area contributed by atoms with E-state index in [1.807, 2.05) is 18.2 Å². The summed E-state index contributed by atoms with van der Waals surface area (Å²) in [6, 6.07) is 15.5. The fourth-order valence-corrected chi connectivity index (χ4v) is 3.93. The van der Waals surface area contributed by atoms with Crippen LogP contribution in [0.1, 0.15) is 21.7 Å². The number of fused-ring (bicyclic) bond motifs is 1. The molecule has 0 spiro atoms. The molecule has 0 saturated heterocycles. The van der Waals surface area contributed by atoms with Crippen LogP contribution in [0.2, 0.25) is 0 Å². The molecule has 0 bridgehead atoms. The fourth-order valence-electron chi connectivity index (χ4n) is 3.93. The number of hydrogen-bond acceptors (Lipinski definition) is 5. The van der Waals surface area contributed by atoms with Crippen LogP contribution in [0, 0.1) is 5.82 Å². The number of carbonyl (C=O) groups excluding carboxylic acids is 1. The molecule has 0 aliphatic carbocycles. The number of amides is 1. The average Bonchev–Trinajstić information content (AvgIpc) is 3.55. The smallest absolute Gasteiger partial charge is 0.255 e. The Morgan fingerprint density at radius 3 is 2.77 bits per heavy atom. The predicted octanol–water partition coefficient (Wildman–Crippen LogP) is 5.10. The lowest BCUT2D eigenvalue weighted by molar-refractivity contribution is 0.0763. The minimum absolute atomic E-state index is 0.101. The molecule has 5 aromatic rings. The van der Waals surface area contributed by atoms with Crippen molar-refractivity contribution >= 4 is 16.9 Å². The number of aromatic nitrogens is 4. The molecule has 35 heavy (non-hydrogen) atoms. The highest BCUT2D eigenvalue weighted by Crippen LogP contribution is 2.27. The number of nitrogens with zero attached hydrogens (tertiary/aromatic N) is 5. The van der Waals surface area contributed by atoms with Crippen molar-refractivity contribution in [1.29, 1.82) is 0 Å². The summed E-state index contributed by atoms with van der Waals surface area (Å²) >= 11 is 0. The molecule has 8 heteroatoms. The average molecular weight is 468 g/mol.